The van der Waals surface area contributed by atoms with E-state index in [0.717, 1.165) is 5.57 Å². The number of hydrogen-bond donors (Lipinski definition) is 3. The summed E-state index contributed by atoms with van der Waals surface area (Å²) in [5.41, 5.74) is 0.364. The third kappa shape index (κ3) is 16.2. The Morgan fingerprint density at radius 1 is 1.09 bits per heavy atom. The van der Waals surface area contributed by atoms with Crippen molar-refractivity contribution in [3.63, 3.8) is 0 Å². The molecule has 0 fully saturated rings. The van der Waals surface area contributed by atoms with Crippen molar-refractivity contribution in [2.24, 2.45) is 11.3 Å². The lowest BCUT2D eigenvalue weighted by Gasteiger charge is -2.29. The lowest BCUT2D eigenvalue weighted by atomic mass is 9.86. The highest BCUT2D eigenvalue weighted by Crippen LogP contribution is 2.23. The maximum Gasteiger partial charge on any atom is 0.407 e. The molecule has 0 spiro atoms. The Labute approximate surface area is 273 Å². The van der Waals surface area contributed by atoms with E-state index in [1.807, 2.05) is 60.6 Å². The van der Waals surface area contributed by atoms with Crippen LogP contribution < -0.4 is 16.0 Å². The zero-order valence-corrected chi connectivity index (χ0v) is 28.7. The van der Waals surface area contributed by atoms with Crippen LogP contribution in [0.2, 0.25) is 0 Å². The first-order valence-corrected chi connectivity index (χ1v) is 15.4. The van der Waals surface area contributed by atoms with Gasteiger partial charge in [-0.3, -0.25) is 9.59 Å². The van der Waals surface area contributed by atoms with Crippen LogP contribution in [0.25, 0.3) is 0 Å². The molecular weight excluding hydrogens is 598 g/mol. The maximum atomic E-state index is 13.0. The predicted molar refractivity (Wildman–Crippen MR) is 177 cm³/mol. The van der Waals surface area contributed by atoms with Gasteiger partial charge in [0, 0.05) is 42.3 Å². The molecule has 0 aromatic rings. The molecule has 3 amide bonds. The summed E-state index contributed by atoms with van der Waals surface area (Å²) in [6.45, 7) is 14.9. The number of carbonyl (C=O) groups excluding carboxylic acids is 4. The lowest BCUT2D eigenvalue weighted by Crippen LogP contribution is -2.52. The van der Waals surface area contributed by atoms with Crippen LogP contribution in [0.5, 0.6) is 0 Å². The van der Waals surface area contributed by atoms with Crippen molar-refractivity contribution < 1.29 is 33.4 Å². The van der Waals surface area contributed by atoms with E-state index >= 15 is 0 Å². The van der Waals surface area contributed by atoms with Crippen LogP contribution >= 0.6 is 11.6 Å². The Balaban J connectivity index is 2.73. The molecule has 1 heterocycles. The second-order valence-corrected chi connectivity index (χ2v) is 12.8. The number of cyclic esters (lactones) is 1. The number of methoxy groups -OCH3 is 1. The van der Waals surface area contributed by atoms with Gasteiger partial charge in [-0.25, -0.2) is 9.59 Å². The summed E-state index contributed by atoms with van der Waals surface area (Å²) in [6.07, 6.45) is 15.2. The number of alkyl carbamates (subject to hydrolysis) is 1. The zero-order chi connectivity index (χ0) is 34.2. The Morgan fingerprint density at radius 2 is 1.76 bits per heavy atom. The second-order valence-electron chi connectivity index (χ2n) is 12.2. The Hall–Kier alpha value is -3.79. The van der Waals surface area contributed by atoms with Crippen molar-refractivity contribution in [2.45, 2.75) is 98.9 Å². The van der Waals surface area contributed by atoms with Gasteiger partial charge in [-0.05, 0) is 45.4 Å². The van der Waals surface area contributed by atoms with Crippen molar-refractivity contribution in [1.82, 2.24) is 16.0 Å². The Kier molecular flexibility index (Phi) is 17.1. The molecule has 0 aliphatic carbocycles. The van der Waals surface area contributed by atoms with Gasteiger partial charge in [-0.2, -0.15) is 0 Å². The van der Waals surface area contributed by atoms with Gasteiger partial charge in [0.1, 0.15) is 18.2 Å². The second kappa shape index (κ2) is 19.6. The molecule has 0 aromatic heterocycles. The van der Waals surface area contributed by atoms with E-state index in [1.54, 1.807) is 37.3 Å². The maximum absolute atomic E-state index is 13.0. The minimum Gasteiger partial charge on any atom is -0.490 e. The van der Waals surface area contributed by atoms with E-state index < -0.39 is 35.5 Å². The molecular formula is C34H50ClN3O7. The number of amides is 3. The standard InChI is InChI=1S/C34H50ClN3O7/c1-22(2)37-33(42)44-26(17-16-25(5)35)14-12-20-36-31(40)30(34(6,7)8)38-29(39)15-11-10-13-23(3)21-24(4)27-18-19-28(43-9)32(41)45-27/h10-13,15-16,19-22,24,26-27,30H,14,17-18H2,1-9H3,(H,36,40)(H,37,42)(H,38,39)/b13-10+,15-11+,20-12-,23-21+,25-16+/t24-,26+,27-,30+/m0/s1. The predicted octanol–water partition coefficient (Wildman–Crippen LogP) is 6.11. The number of hydrogen-bond acceptors (Lipinski definition) is 7. The monoisotopic (exact) mass is 647 g/mol. The quantitative estimate of drug-likeness (QED) is 0.111. The van der Waals surface area contributed by atoms with Crippen molar-refractivity contribution in [3.8, 4) is 0 Å². The fraction of sp³-hybridized carbons (Fsp3) is 0.529. The summed E-state index contributed by atoms with van der Waals surface area (Å²) in [7, 11) is 1.44. The number of halogens is 1. The summed E-state index contributed by atoms with van der Waals surface area (Å²) >= 11 is 5.94. The Bertz CT molecular complexity index is 1200. The molecule has 3 N–H and O–H groups in total. The van der Waals surface area contributed by atoms with E-state index in [-0.39, 0.29) is 29.7 Å². The highest BCUT2D eigenvalue weighted by atomic mass is 35.5. The molecule has 1 aliphatic rings. The average Bonchev–Trinajstić information content (AvgIpc) is 2.93. The number of carbonyl (C=O) groups is 4. The third-order valence-corrected chi connectivity index (χ3v) is 6.70. The van der Waals surface area contributed by atoms with Gasteiger partial charge in [-0.1, -0.05) is 81.3 Å². The number of esters is 1. The highest BCUT2D eigenvalue weighted by Gasteiger charge is 2.32. The van der Waals surface area contributed by atoms with Crippen LogP contribution in [-0.4, -0.2) is 55.3 Å². The largest absolute Gasteiger partial charge is 0.490 e. The summed E-state index contributed by atoms with van der Waals surface area (Å²) < 4.78 is 15.9. The van der Waals surface area contributed by atoms with Gasteiger partial charge in [-0.15, -0.1) is 0 Å². The summed E-state index contributed by atoms with van der Waals surface area (Å²) in [4.78, 5) is 49.6. The first-order valence-electron chi connectivity index (χ1n) is 15.1. The molecule has 10 nitrogen and oxygen atoms in total. The Morgan fingerprint density at radius 3 is 2.33 bits per heavy atom. The van der Waals surface area contributed by atoms with Gasteiger partial charge in [0.25, 0.3) is 0 Å². The summed E-state index contributed by atoms with van der Waals surface area (Å²) in [5.74, 6) is -1.07. The average molecular weight is 648 g/mol. The highest BCUT2D eigenvalue weighted by molar-refractivity contribution is 6.29. The third-order valence-electron chi connectivity index (χ3n) is 6.54. The van der Waals surface area contributed by atoms with Crippen LogP contribution in [0.1, 0.15) is 74.7 Å². The number of allylic oxidation sites excluding steroid dienone is 5. The van der Waals surface area contributed by atoms with Crippen molar-refractivity contribution in [1.29, 1.82) is 0 Å². The molecule has 11 heteroatoms. The zero-order valence-electron chi connectivity index (χ0n) is 27.9. The summed E-state index contributed by atoms with van der Waals surface area (Å²) in [5, 5.41) is 8.76. The van der Waals surface area contributed by atoms with Crippen LogP contribution in [0, 0.1) is 11.3 Å². The first kappa shape index (κ1) is 39.2. The smallest absolute Gasteiger partial charge is 0.407 e. The molecule has 0 aromatic carbocycles. The van der Waals surface area contributed by atoms with Gasteiger partial charge in [0.15, 0.2) is 5.76 Å². The van der Waals surface area contributed by atoms with Gasteiger partial charge in [0.05, 0.1) is 7.11 Å². The molecule has 4 atom stereocenters. The van der Waals surface area contributed by atoms with Crippen molar-refractivity contribution in [2.75, 3.05) is 7.11 Å². The molecule has 0 bridgehead atoms. The normalized spacial score (nSPS) is 18.4. The molecule has 250 valence electrons. The van der Waals surface area contributed by atoms with Crippen LogP contribution in [-0.2, 0) is 28.6 Å². The lowest BCUT2D eigenvalue weighted by molar-refractivity contribution is -0.151. The van der Waals surface area contributed by atoms with E-state index in [2.05, 4.69) is 16.0 Å². The molecule has 1 aliphatic heterocycles. The van der Waals surface area contributed by atoms with Crippen LogP contribution in [0.15, 0.2) is 71.2 Å². The summed E-state index contributed by atoms with van der Waals surface area (Å²) in [6, 6.07) is -0.884. The first-order chi connectivity index (χ1) is 21.0. The van der Waals surface area contributed by atoms with Crippen molar-refractivity contribution in [3.05, 3.63) is 71.2 Å². The number of ether oxygens (including phenoxy) is 3. The SMILES string of the molecule is COC1=CC[C@@H]([C@@H](C)/C=C(C)/C=C/C=C/C(=O)N[C@H](C(=O)N/C=C\C[C@H](C/C=C(\C)Cl)OC(=O)NC(C)C)C(C)(C)C)OC1=O. The fourth-order valence-electron chi connectivity index (χ4n) is 4.18. The van der Waals surface area contributed by atoms with E-state index in [1.165, 1.54) is 19.4 Å². The van der Waals surface area contributed by atoms with Crippen molar-refractivity contribution >= 4 is 35.5 Å². The number of rotatable bonds is 15. The van der Waals surface area contributed by atoms with Gasteiger partial charge < -0.3 is 30.2 Å². The molecule has 1 rings (SSSR count). The molecule has 0 saturated heterocycles. The van der Waals surface area contributed by atoms with E-state index in [4.69, 9.17) is 25.8 Å². The van der Waals surface area contributed by atoms with Gasteiger partial charge in [0.2, 0.25) is 11.8 Å². The van der Waals surface area contributed by atoms with E-state index in [9.17, 15) is 19.2 Å². The van der Waals surface area contributed by atoms with Gasteiger partial charge >= 0.3 is 12.1 Å². The molecule has 0 unspecified atom stereocenters. The van der Waals surface area contributed by atoms with Crippen LogP contribution in [0.4, 0.5) is 4.79 Å². The number of nitrogens with one attached hydrogen (secondary N) is 3. The topological polar surface area (TPSA) is 132 Å². The minimum atomic E-state index is -0.817. The molecule has 45 heavy (non-hydrogen) atoms. The van der Waals surface area contributed by atoms with E-state index in [0.29, 0.717) is 24.3 Å². The minimum absolute atomic E-state index is 0.0184. The fourth-order valence-corrected chi connectivity index (χ4v) is 4.27. The molecule has 0 radical (unpaired) electrons. The molecule has 0 saturated carbocycles. The van der Waals surface area contributed by atoms with Crippen LogP contribution in [0.3, 0.4) is 0 Å².